The fraction of sp³-hybridized carbons (Fsp3) is 0.250. The van der Waals surface area contributed by atoms with Crippen LogP contribution in [0.3, 0.4) is 0 Å². The summed E-state index contributed by atoms with van der Waals surface area (Å²) in [6, 6.07) is 6.17. The van der Waals surface area contributed by atoms with E-state index in [0.29, 0.717) is 5.52 Å². The number of aryl methyl sites for hydroxylation is 1. The first-order valence-corrected chi connectivity index (χ1v) is 9.08. The van der Waals surface area contributed by atoms with Gasteiger partial charge in [-0.05, 0) is 18.6 Å². The lowest BCUT2D eigenvalue weighted by Crippen LogP contribution is -2.29. The molecular formula is C16H15F3N2O5S. The second-order valence-corrected chi connectivity index (χ2v) is 6.65. The van der Waals surface area contributed by atoms with Crippen LogP contribution >= 0.6 is 0 Å². The van der Waals surface area contributed by atoms with Gasteiger partial charge < -0.3 is 9.29 Å². The fourth-order valence-corrected chi connectivity index (χ4v) is 2.90. The van der Waals surface area contributed by atoms with Crippen LogP contribution in [0.5, 0.6) is 5.75 Å². The van der Waals surface area contributed by atoms with Crippen LogP contribution in [0.4, 0.5) is 13.2 Å². The minimum Gasteiger partial charge on any atom is -0.478 e. The van der Waals surface area contributed by atoms with Crippen LogP contribution in [0, 0.1) is 6.92 Å². The summed E-state index contributed by atoms with van der Waals surface area (Å²) in [5, 5.41) is 13.7. The van der Waals surface area contributed by atoms with Gasteiger partial charge in [0, 0.05) is 11.6 Å². The van der Waals surface area contributed by atoms with E-state index in [1.807, 2.05) is 13.8 Å². The first-order chi connectivity index (χ1) is 12.5. The van der Waals surface area contributed by atoms with Crippen molar-refractivity contribution < 1.29 is 35.7 Å². The molecule has 27 heavy (non-hydrogen) atoms. The molecule has 0 unspecified atom stereocenters. The number of hydrogen-bond acceptors (Lipinski definition) is 5. The van der Waals surface area contributed by atoms with Gasteiger partial charge in [0.25, 0.3) is 0 Å². The smallest absolute Gasteiger partial charge is 0.478 e. The Labute approximate surface area is 152 Å². The van der Waals surface area contributed by atoms with E-state index < -0.39 is 32.9 Å². The van der Waals surface area contributed by atoms with Gasteiger partial charge >= 0.3 is 21.6 Å². The summed E-state index contributed by atoms with van der Waals surface area (Å²) in [7, 11) is -6.07. The van der Waals surface area contributed by atoms with Crippen LogP contribution in [-0.2, 0) is 10.1 Å². The number of rotatable bonds is 3. The number of carboxylic acids is 1. The lowest BCUT2D eigenvalue weighted by Gasteiger charge is -2.14. The first-order valence-electron chi connectivity index (χ1n) is 7.67. The molecule has 2 heterocycles. The van der Waals surface area contributed by atoms with E-state index in [1.165, 1.54) is 19.2 Å². The highest BCUT2D eigenvalue weighted by Gasteiger charge is 2.49. The van der Waals surface area contributed by atoms with Gasteiger partial charge in [-0.2, -0.15) is 26.7 Å². The van der Waals surface area contributed by atoms with Gasteiger partial charge in [0.15, 0.2) is 5.75 Å². The summed E-state index contributed by atoms with van der Waals surface area (Å²) in [5.41, 5.74) is -6.27. The van der Waals surface area contributed by atoms with Crippen LogP contribution in [0.25, 0.3) is 16.4 Å². The topological polar surface area (TPSA) is 98.0 Å². The molecular weight excluding hydrogens is 389 g/mol. The molecule has 0 aliphatic rings. The maximum Gasteiger partial charge on any atom is 0.534 e. The van der Waals surface area contributed by atoms with Gasteiger partial charge in [0.1, 0.15) is 11.1 Å². The molecule has 0 atom stereocenters. The van der Waals surface area contributed by atoms with Crippen molar-refractivity contribution in [1.82, 2.24) is 9.61 Å². The Hall–Kier alpha value is -2.82. The summed E-state index contributed by atoms with van der Waals surface area (Å²) < 4.78 is 66.3. The number of fused-ring (bicyclic) bond motifs is 3. The fourth-order valence-electron chi connectivity index (χ4n) is 2.42. The van der Waals surface area contributed by atoms with Gasteiger partial charge in [-0.25, -0.2) is 9.31 Å². The number of halogens is 3. The molecule has 0 saturated heterocycles. The first kappa shape index (κ1) is 20.5. The van der Waals surface area contributed by atoms with E-state index in [9.17, 15) is 31.5 Å². The molecule has 11 heteroatoms. The lowest BCUT2D eigenvalue weighted by molar-refractivity contribution is -0.0500. The molecule has 0 aliphatic heterocycles. The number of pyridine rings is 1. The molecule has 0 spiro atoms. The third-order valence-electron chi connectivity index (χ3n) is 3.45. The standard InChI is InChI=1S/C14H9F3N2O5S.C2H6/c1-7-6-19-11(8-4-2-3-5-9(8)18-19)12(10(7)13(20)21)24-25(22,23)14(15,16)17;1-2/h2-6H,1H3,(H,20,21);1-2H3. The summed E-state index contributed by atoms with van der Waals surface area (Å²) in [6.45, 7) is 5.29. The monoisotopic (exact) mass is 404 g/mol. The second-order valence-electron chi connectivity index (χ2n) is 5.11. The van der Waals surface area contributed by atoms with Crippen molar-refractivity contribution in [2.24, 2.45) is 0 Å². The average Bonchev–Trinajstić information content (AvgIpc) is 2.92. The molecule has 0 bridgehead atoms. The number of carbonyl (C=O) groups is 1. The van der Waals surface area contributed by atoms with Crippen molar-refractivity contribution in [3.63, 3.8) is 0 Å². The predicted molar refractivity (Wildman–Crippen MR) is 91.3 cm³/mol. The summed E-state index contributed by atoms with van der Waals surface area (Å²) >= 11 is 0. The summed E-state index contributed by atoms with van der Waals surface area (Å²) in [4.78, 5) is 11.5. The van der Waals surface area contributed by atoms with E-state index in [0.717, 1.165) is 4.52 Å². The Morgan fingerprint density at radius 3 is 2.37 bits per heavy atom. The molecule has 0 fully saturated rings. The van der Waals surface area contributed by atoms with Crippen molar-refractivity contribution in [3.8, 4) is 5.75 Å². The van der Waals surface area contributed by atoms with E-state index in [4.69, 9.17) is 0 Å². The zero-order valence-corrected chi connectivity index (χ0v) is 15.2. The summed E-state index contributed by atoms with van der Waals surface area (Å²) in [6.07, 6.45) is 1.27. The Kier molecular flexibility index (Phi) is 5.36. The molecule has 3 aromatic rings. The number of benzene rings is 1. The largest absolute Gasteiger partial charge is 0.534 e. The number of alkyl halides is 3. The van der Waals surface area contributed by atoms with Gasteiger partial charge in [0.05, 0.1) is 5.52 Å². The minimum atomic E-state index is -6.07. The van der Waals surface area contributed by atoms with E-state index >= 15 is 0 Å². The molecule has 0 amide bonds. The molecule has 2 aromatic heterocycles. The number of nitrogens with zero attached hydrogens (tertiary/aromatic N) is 2. The zero-order chi connectivity index (χ0) is 20.6. The Balaban J connectivity index is 0.00000126. The second kappa shape index (κ2) is 7.06. The normalized spacial score (nSPS) is 11.9. The molecule has 3 rings (SSSR count). The highest BCUT2D eigenvalue weighted by Crippen LogP contribution is 2.36. The van der Waals surface area contributed by atoms with Crippen LogP contribution in [-0.4, -0.2) is 34.6 Å². The van der Waals surface area contributed by atoms with Crippen LogP contribution in [0.2, 0.25) is 0 Å². The molecule has 1 aromatic carbocycles. The van der Waals surface area contributed by atoms with Crippen molar-refractivity contribution in [2.75, 3.05) is 0 Å². The molecule has 0 radical (unpaired) electrons. The Morgan fingerprint density at radius 2 is 1.81 bits per heavy atom. The predicted octanol–water partition coefficient (Wildman–Crippen LogP) is 3.75. The van der Waals surface area contributed by atoms with E-state index in [-0.39, 0.29) is 16.5 Å². The third-order valence-corrected chi connectivity index (χ3v) is 4.40. The van der Waals surface area contributed by atoms with Gasteiger partial charge in [0.2, 0.25) is 0 Å². The lowest BCUT2D eigenvalue weighted by atomic mass is 10.1. The van der Waals surface area contributed by atoms with Crippen LogP contribution in [0.1, 0.15) is 29.8 Å². The zero-order valence-electron chi connectivity index (χ0n) is 14.4. The number of aromatic carboxylic acids is 1. The number of hydrogen-bond donors (Lipinski definition) is 1. The van der Waals surface area contributed by atoms with Crippen molar-refractivity contribution in [2.45, 2.75) is 26.3 Å². The molecule has 0 saturated carbocycles. The SMILES string of the molecule is CC.Cc1cn2nc3ccccc3c2c(OS(=O)(=O)C(F)(F)F)c1C(=O)O. The molecule has 7 nitrogen and oxygen atoms in total. The van der Waals surface area contributed by atoms with Crippen molar-refractivity contribution in [1.29, 1.82) is 0 Å². The molecule has 1 N–H and O–H groups in total. The van der Waals surface area contributed by atoms with E-state index in [2.05, 4.69) is 9.28 Å². The summed E-state index contributed by atoms with van der Waals surface area (Å²) in [5.74, 6) is -2.56. The molecule has 146 valence electrons. The Morgan fingerprint density at radius 1 is 1.22 bits per heavy atom. The van der Waals surface area contributed by atoms with Crippen LogP contribution < -0.4 is 4.18 Å². The number of aromatic nitrogens is 2. The quantitative estimate of drug-likeness (QED) is 0.527. The highest BCUT2D eigenvalue weighted by molar-refractivity contribution is 7.88. The van der Waals surface area contributed by atoms with E-state index in [1.54, 1.807) is 18.2 Å². The minimum absolute atomic E-state index is 0.0137. The van der Waals surface area contributed by atoms with Crippen LogP contribution in [0.15, 0.2) is 30.5 Å². The maximum atomic E-state index is 12.7. The maximum absolute atomic E-state index is 12.7. The average molecular weight is 404 g/mol. The third kappa shape index (κ3) is 3.54. The van der Waals surface area contributed by atoms with Gasteiger partial charge in [-0.1, -0.05) is 32.0 Å². The highest BCUT2D eigenvalue weighted by atomic mass is 32.2. The van der Waals surface area contributed by atoms with Crippen molar-refractivity contribution in [3.05, 3.63) is 41.6 Å². The van der Waals surface area contributed by atoms with Gasteiger partial charge in [-0.15, -0.1) is 0 Å². The van der Waals surface area contributed by atoms with Gasteiger partial charge in [-0.3, -0.25) is 0 Å². The molecule has 0 aliphatic carbocycles. The Bertz CT molecular complexity index is 1120. The van der Waals surface area contributed by atoms with Crippen molar-refractivity contribution >= 4 is 32.5 Å². The number of carboxylic acid groups (broad SMARTS) is 1.